The van der Waals surface area contributed by atoms with Crippen molar-refractivity contribution in [1.29, 1.82) is 0 Å². The molecule has 1 rings (SSSR count). The van der Waals surface area contributed by atoms with Crippen LogP contribution in [-0.2, 0) is 4.74 Å². The van der Waals surface area contributed by atoms with Crippen molar-refractivity contribution in [2.24, 2.45) is 5.92 Å². The second-order valence-corrected chi connectivity index (χ2v) is 4.29. The monoisotopic (exact) mass is 220 g/mol. The molecule has 11 heavy (non-hydrogen) atoms. The molecule has 0 amide bonds. The molecular formula is C9H17BrO. The Kier molecular flexibility index (Phi) is 3.86. The average molecular weight is 221 g/mol. The van der Waals surface area contributed by atoms with Crippen LogP contribution in [-0.4, -0.2) is 17.5 Å². The minimum Gasteiger partial charge on any atom is -0.375 e. The molecule has 0 aliphatic carbocycles. The maximum Gasteiger partial charge on any atom is 0.0582 e. The van der Waals surface area contributed by atoms with E-state index in [2.05, 4.69) is 29.8 Å². The second kappa shape index (κ2) is 4.46. The Balaban J connectivity index is 2.17. The largest absolute Gasteiger partial charge is 0.375 e. The molecule has 3 unspecified atom stereocenters. The van der Waals surface area contributed by atoms with Crippen molar-refractivity contribution in [2.45, 2.75) is 45.3 Å². The van der Waals surface area contributed by atoms with Crippen LogP contribution in [0.25, 0.3) is 0 Å². The molecule has 0 N–H and O–H groups in total. The van der Waals surface area contributed by atoms with Crippen molar-refractivity contribution in [3.63, 3.8) is 0 Å². The summed E-state index contributed by atoms with van der Waals surface area (Å²) in [5, 5.41) is 1.10. The summed E-state index contributed by atoms with van der Waals surface area (Å²) in [6.07, 6.45) is 4.77. The van der Waals surface area contributed by atoms with Crippen molar-refractivity contribution in [1.82, 2.24) is 0 Å². The Morgan fingerprint density at radius 2 is 2.27 bits per heavy atom. The van der Waals surface area contributed by atoms with Gasteiger partial charge < -0.3 is 4.74 Å². The molecule has 1 saturated heterocycles. The van der Waals surface area contributed by atoms with Crippen molar-refractivity contribution >= 4 is 15.9 Å². The van der Waals surface area contributed by atoms with E-state index in [0.717, 1.165) is 11.2 Å². The molecule has 0 saturated carbocycles. The molecule has 3 atom stereocenters. The Morgan fingerprint density at radius 1 is 1.55 bits per heavy atom. The summed E-state index contributed by atoms with van der Waals surface area (Å²) >= 11 is 3.48. The summed E-state index contributed by atoms with van der Waals surface area (Å²) in [5.41, 5.74) is 0. The van der Waals surface area contributed by atoms with Gasteiger partial charge >= 0.3 is 0 Å². The van der Waals surface area contributed by atoms with Crippen LogP contribution in [0.15, 0.2) is 0 Å². The smallest absolute Gasteiger partial charge is 0.0582 e. The summed E-state index contributed by atoms with van der Waals surface area (Å²) in [6, 6.07) is 0. The molecule has 1 fully saturated rings. The Bertz CT molecular complexity index is 116. The zero-order chi connectivity index (χ0) is 8.27. The number of hydrogen-bond donors (Lipinski definition) is 0. The maximum absolute atomic E-state index is 5.71. The third-order valence-corrected chi connectivity index (χ3v) is 3.35. The minimum atomic E-state index is 0.502. The fourth-order valence-corrected chi connectivity index (χ4v) is 1.83. The van der Waals surface area contributed by atoms with Gasteiger partial charge in [0.05, 0.1) is 12.2 Å². The Hall–Kier alpha value is 0.440. The first-order valence-corrected chi connectivity index (χ1v) is 5.56. The van der Waals surface area contributed by atoms with E-state index in [0.29, 0.717) is 12.2 Å². The van der Waals surface area contributed by atoms with Crippen molar-refractivity contribution < 1.29 is 4.74 Å². The topological polar surface area (TPSA) is 9.23 Å². The number of hydrogen-bond acceptors (Lipinski definition) is 1. The zero-order valence-corrected chi connectivity index (χ0v) is 8.93. The van der Waals surface area contributed by atoms with Gasteiger partial charge in [-0.25, -0.2) is 0 Å². The van der Waals surface area contributed by atoms with E-state index >= 15 is 0 Å². The molecule has 0 aromatic carbocycles. The van der Waals surface area contributed by atoms with Crippen LogP contribution < -0.4 is 0 Å². The molecule has 0 aromatic heterocycles. The van der Waals surface area contributed by atoms with E-state index in [-0.39, 0.29) is 0 Å². The highest BCUT2D eigenvalue weighted by molar-refractivity contribution is 9.09. The fraction of sp³-hybridized carbons (Fsp3) is 1.00. The third-order valence-electron chi connectivity index (χ3n) is 2.25. The Labute approximate surface area is 77.6 Å². The first kappa shape index (κ1) is 9.53. The van der Waals surface area contributed by atoms with Crippen LogP contribution in [0, 0.1) is 5.92 Å². The predicted molar refractivity (Wildman–Crippen MR) is 51.1 cm³/mol. The van der Waals surface area contributed by atoms with Gasteiger partial charge in [0, 0.05) is 5.33 Å². The van der Waals surface area contributed by atoms with Crippen LogP contribution in [0.2, 0.25) is 0 Å². The van der Waals surface area contributed by atoms with E-state index in [4.69, 9.17) is 4.74 Å². The lowest BCUT2D eigenvalue weighted by Crippen LogP contribution is -2.13. The van der Waals surface area contributed by atoms with Gasteiger partial charge in [-0.2, -0.15) is 0 Å². The normalized spacial score (nSPS) is 34.1. The highest BCUT2D eigenvalue weighted by atomic mass is 79.9. The average Bonchev–Trinajstić information content (AvgIpc) is 2.35. The van der Waals surface area contributed by atoms with E-state index in [1.807, 2.05) is 0 Å². The Morgan fingerprint density at radius 3 is 2.73 bits per heavy atom. The molecule has 1 heterocycles. The lowest BCUT2D eigenvalue weighted by molar-refractivity contribution is 0.0442. The van der Waals surface area contributed by atoms with Crippen LogP contribution in [0.3, 0.4) is 0 Å². The van der Waals surface area contributed by atoms with E-state index in [9.17, 15) is 0 Å². The molecule has 0 radical (unpaired) electrons. The van der Waals surface area contributed by atoms with Crippen molar-refractivity contribution in [3.05, 3.63) is 0 Å². The standard InChI is InChI=1S/C9H17BrO/c1-7(6-10)5-9-4-3-8(2)11-9/h7-9H,3-6H2,1-2H3. The molecule has 0 spiro atoms. The SMILES string of the molecule is CC(CBr)CC1CCC(C)O1. The molecule has 0 bridgehead atoms. The summed E-state index contributed by atoms with van der Waals surface area (Å²) in [6.45, 7) is 4.43. The van der Waals surface area contributed by atoms with Crippen molar-refractivity contribution in [2.75, 3.05) is 5.33 Å². The summed E-state index contributed by atoms with van der Waals surface area (Å²) < 4.78 is 5.71. The molecule has 1 aliphatic rings. The lowest BCUT2D eigenvalue weighted by Gasteiger charge is -2.14. The number of halogens is 1. The van der Waals surface area contributed by atoms with Gasteiger partial charge in [0.25, 0.3) is 0 Å². The van der Waals surface area contributed by atoms with E-state index < -0.39 is 0 Å². The summed E-state index contributed by atoms with van der Waals surface area (Å²) in [7, 11) is 0. The van der Waals surface area contributed by atoms with Gasteiger partial charge in [0.2, 0.25) is 0 Å². The molecular weight excluding hydrogens is 204 g/mol. The maximum atomic E-state index is 5.71. The number of ether oxygens (including phenoxy) is 1. The molecule has 0 aromatic rings. The summed E-state index contributed by atoms with van der Waals surface area (Å²) in [4.78, 5) is 0. The highest BCUT2D eigenvalue weighted by Crippen LogP contribution is 2.24. The van der Waals surface area contributed by atoms with Gasteiger partial charge in [-0.3, -0.25) is 0 Å². The first-order valence-electron chi connectivity index (χ1n) is 4.43. The van der Waals surface area contributed by atoms with Gasteiger partial charge in [0.15, 0.2) is 0 Å². The molecule has 2 heteroatoms. The van der Waals surface area contributed by atoms with Gasteiger partial charge in [-0.05, 0) is 32.1 Å². The molecule has 66 valence electrons. The number of rotatable bonds is 3. The van der Waals surface area contributed by atoms with E-state index in [1.54, 1.807) is 0 Å². The number of alkyl halides is 1. The highest BCUT2D eigenvalue weighted by Gasteiger charge is 2.22. The second-order valence-electron chi connectivity index (χ2n) is 3.64. The van der Waals surface area contributed by atoms with E-state index in [1.165, 1.54) is 19.3 Å². The van der Waals surface area contributed by atoms with Crippen LogP contribution in [0.5, 0.6) is 0 Å². The third kappa shape index (κ3) is 3.12. The summed E-state index contributed by atoms with van der Waals surface area (Å²) in [5.74, 6) is 0.755. The minimum absolute atomic E-state index is 0.502. The van der Waals surface area contributed by atoms with Crippen LogP contribution in [0.1, 0.15) is 33.1 Å². The predicted octanol–water partition coefficient (Wildman–Crippen LogP) is 2.98. The fourth-order valence-electron chi connectivity index (χ4n) is 1.57. The van der Waals surface area contributed by atoms with Crippen LogP contribution >= 0.6 is 15.9 Å². The molecule has 1 nitrogen and oxygen atoms in total. The quantitative estimate of drug-likeness (QED) is 0.665. The van der Waals surface area contributed by atoms with Gasteiger partial charge in [-0.15, -0.1) is 0 Å². The van der Waals surface area contributed by atoms with Crippen LogP contribution in [0.4, 0.5) is 0 Å². The lowest BCUT2D eigenvalue weighted by atomic mass is 10.0. The van der Waals surface area contributed by atoms with Crippen molar-refractivity contribution in [3.8, 4) is 0 Å². The first-order chi connectivity index (χ1) is 5.22. The molecule has 1 aliphatic heterocycles. The zero-order valence-electron chi connectivity index (χ0n) is 7.35. The van der Waals surface area contributed by atoms with Gasteiger partial charge in [-0.1, -0.05) is 22.9 Å². The van der Waals surface area contributed by atoms with Gasteiger partial charge in [0.1, 0.15) is 0 Å².